The van der Waals surface area contributed by atoms with Crippen molar-refractivity contribution in [3.8, 4) is 5.75 Å². The molecule has 8 heavy (non-hydrogen) atoms. The maximum atomic E-state index is 10.2. The molecule has 0 radical (unpaired) electrons. The molecule has 0 aliphatic carbocycles. The van der Waals surface area contributed by atoms with Gasteiger partial charge in [0.2, 0.25) is 5.75 Å². The summed E-state index contributed by atoms with van der Waals surface area (Å²) in [5, 5.41) is 18.8. The standard InChI is InChI=1S/C3H4N2O3/c6-2-1-4-5(8)3(2)7/h1,4,6,8H. The molecule has 1 aromatic heterocycles. The number of rotatable bonds is 0. The Morgan fingerprint density at radius 2 is 2.38 bits per heavy atom. The van der Waals surface area contributed by atoms with Crippen LogP contribution in [0.15, 0.2) is 11.0 Å². The molecule has 0 aliphatic rings. The minimum atomic E-state index is -0.843. The van der Waals surface area contributed by atoms with E-state index in [1.54, 1.807) is 0 Å². The van der Waals surface area contributed by atoms with Crippen molar-refractivity contribution in [3.63, 3.8) is 0 Å². The highest BCUT2D eigenvalue weighted by atomic mass is 16.5. The van der Waals surface area contributed by atoms with Crippen molar-refractivity contribution in [1.29, 1.82) is 0 Å². The quantitative estimate of drug-likeness (QED) is 0.385. The molecule has 0 saturated heterocycles. The summed E-state index contributed by atoms with van der Waals surface area (Å²) in [6.07, 6.45) is 0.988. The fourth-order valence-corrected chi connectivity index (χ4v) is 0.351. The number of nitrogens with one attached hydrogen (secondary N) is 1. The smallest absolute Gasteiger partial charge is 0.343 e. The molecule has 0 bridgehead atoms. The molecule has 44 valence electrons. The molecule has 5 heteroatoms. The van der Waals surface area contributed by atoms with Crippen LogP contribution in [-0.4, -0.2) is 20.3 Å². The minimum absolute atomic E-state index is 0.190. The third kappa shape index (κ3) is 0.446. The zero-order valence-electron chi connectivity index (χ0n) is 3.83. The summed E-state index contributed by atoms with van der Waals surface area (Å²) in [5.41, 5.74) is -0.843. The van der Waals surface area contributed by atoms with Crippen LogP contribution in [0.1, 0.15) is 0 Å². The van der Waals surface area contributed by atoms with E-state index in [0.717, 1.165) is 6.20 Å². The lowest BCUT2D eigenvalue weighted by Crippen LogP contribution is -2.12. The molecule has 0 aliphatic heterocycles. The van der Waals surface area contributed by atoms with Crippen molar-refractivity contribution < 1.29 is 10.3 Å². The number of hydrogen-bond acceptors (Lipinski definition) is 3. The van der Waals surface area contributed by atoms with Gasteiger partial charge in [-0.3, -0.25) is 9.89 Å². The minimum Gasteiger partial charge on any atom is -0.502 e. The summed E-state index contributed by atoms with van der Waals surface area (Å²) < 4.78 is 0. The van der Waals surface area contributed by atoms with Gasteiger partial charge in [0.25, 0.3) is 0 Å². The Kier molecular flexibility index (Phi) is 0.768. The van der Waals surface area contributed by atoms with Gasteiger partial charge in [0.05, 0.1) is 6.20 Å². The second-order valence-corrected chi connectivity index (χ2v) is 1.28. The highest BCUT2D eigenvalue weighted by molar-refractivity contribution is 5.07. The molecule has 1 rings (SSSR count). The van der Waals surface area contributed by atoms with Gasteiger partial charge in [0.1, 0.15) is 0 Å². The molecule has 0 atom stereocenters. The Morgan fingerprint density at radius 1 is 1.75 bits per heavy atom. The Bertz CT molecular complexity index is 212. The summed E-state index contributed by atoms with van der Waals surface area (Å²) in [6.45, 7) is 0. The van der Waals surface area contributed by atoms with Crippen LogP contribution in [0.2, 0.25) is 0 Å². The predicted octanol–water partition coefficient (Wildman–Crippen LogP) is -0.881. The summed E-state index contributed by atoms with van der Waals surface area (Å²) >= 11 is 0. The average Bonchev–Trinajstić information content (AvgIpc) is 1.98. The van der Waals surface area contributed by atoms with Crippen molar-refractivity contribution in [2.24, 2.45) is 0 Å². The van der Waals surface area contributed by atoms with Crippen LogP contribution in [-0.2, 0) is 0 Å². The average molecular weight is 116 g/mol. The molecule has 0 aromatic carbocycles. The van der Waals surface area contributed by atoms with Crippen LogP contribution < -0.4 is 5.56 Å². The molecule has 0 saturated carbocycles. The third-order valence-corrected chi connectivity index (χ3v) is 0.735. The third-order valence-electron chi connectivity index (χ3n) is 0.735. The van der Waals surface area contributed by atoms with Gasteiger partial charge in [0.15, 0.2) is 0 Å². The van der Waals surface area contributed by atoms with Crippen molar-refractivity contribution >= 4 is 0 Å². The lowest BCUT2D eigenvalue weighted by atomic mass is 10.7. The Morgan fingerprint density at radius 3 is 2.50 bits per heavy atom. The fraction of sp³-hybridized carbons (Fsp3) is 0. The van der Waals surface area contributed by atoms with E-state index in [1.807, 2.05) is 5.10 Å². The van der Waals surface area contributed by atoms with Gasteiger partial charge in [-0.1, -0.05) is 4.85 Å². The topological polar surface area (TPSA) is 78.2 Å². The highest BCUT2D eigenvalue weighted by Crippen LogP contribution is 1.91. The lowest BCUT2D eigenvalue weighted by molar-refractivity contribution is 0.139. The van der Waals surface area contributed by atoms with E-state index in [9.17, 15) is 4.79 Å². The summed E-state index contributed by atoms with van der Waals surface area (Å²) in [5.74, 6) is -0.493. The Labute approximate surface area is 43.7 Å². The van der Waals surface area contributed by atoms with E-state index in [1.165, 1.54) is 0 Å². The molecule has 5 nitrogen and oxygen atoms in total. The first-order chi connectivity index (χ1) is 3.72. The number of hydrogen-bond donors (Lipinski definition) is 3. The highest BCUT2D eigenvalue weighted by Gasteiger charge is 1.98. The molecule has 0 amide bonds. The van der Waals surface area contributed by atoms with E-state index in [4.69, 9.17) is 10.3 Å². The van der Waals surface area contributed by atoms with Crippen molar-refractivity contribution in [2.45, 2.75) is 0 Å². The van der Waals surface area contributed by atoms with Crippen LogP contribution in [0, 0.1) is 0 Å². The van der Waals surface area contributed by atoms with Gasteiger partial charge in [-0.15, -0.1) is 0 Å². The number of aromatic hydroxyl groups is 1. The Balaban J connectivity index is 3.42. The zero-order chi connectivity index (χ0) is 6.15. The first-order valence-electron chi connectivity index (χ1n) is 1.90. The number of nitrogens with zero attached hydrogens (tertiary/aromatic N) is 1. The van der Waals surface area contributed by atoms with Crippen LogP contribution in [0.3, 0.4) is 0 Å². The molecular weight excluding hydrogens is 112 g/mol. The SMILES string of the molecule is O=c1c(O)c[nH]n1O. The van der Waals surface area contributed by atoms with Crippen LogP contribution in [0.25, 0.3) is 0 Å². The first kappa shape index (κ1) is 4.76. The monoisotopic (exact) mass is 116 g/mol. The molecule has 3 N–H and O–H groups in total. The maximum absolute atomic E-state index is 10.2. The van der Waals surface area contributed by atoms with E-state index < -0.39 is 11.3 Å². The van der Waals surface area contributed by atoms with Gasteiger partial charge in [-0.2, -0.15) is 0 Å². The summed E-state index contributed by atoms with van der Waals surface area (Å²) in [6, 6.07) is 0. The van der Waals surface area contributed by atoms with E-state index in [0.29, 0.717) is 0 Å². The van der Waals surface area contributed by atoms with Gasteiger partial charge in [-0.25, -0.2) is 0 Å². The Hall–Kier alpha value is -1.39. The van der Waals surface area contributed by atoms with Crippen LogP contribution in [0.4, 0.5) is 0 Å². The fourth-order valence-electron chi connectivity index (χ4n) is 0.351. The largest absolute Gasteiger partial charge is 0.502 e. The van der Waals surface area contributed by atoms with Crippen molar-refractivity contribution in [3.05, 3.63) is 16.6 Å². The van der Waals surface area contributed by atoms with Crippen LogP contribution in [0.5, 0.6) is 5.75 Å². The zero-order valence-corrected chi connectivity index (χ0v) is 3.83. The van der Waals surface area contributed by atoms with E-state index >= 15 is 0 Å². The van der Waals surface area contributed by atoms with Crippen molar-refractivity contribution in [1.82, 2.24) is 9.94 Å². The molecule has 0 unspecified atom stereocenters. The number of aromatic nitrogens is 2. The van der Waals surface area contributed by atoms with E-state index in [2.05, 4.69) is 0 Å². The normalized spacial score (nSPS) is 9.50. The van der Waals surface area contributed by atoms with Gasteiger partial charge >= 0.3 is 5.56 Å². The van der Waals surface area contributed by atoms with Crippen molar-refractivity contribution in [2.75, 3.05) is 0 Å². The molecule has 1 aromatic rings. The van der Waals surface area contributed by atoms with Gasteiger partial charge in [-0.05, 0) is 0 Å². The van der Waals surface area contributed by atoms with Gasteiger partial charge in [0, 0.05) is 0 Å². The first-order valence-corrected chi connectivity index (χ1v) is 1.90. The second kappa shape index (κ2) is 1.29. The molecule has 0 spiro atoms. The second-order valence-electron chi connectivity index (χ2n) is 1.28. The van der Waals surface area contributed by atoms with Crippen LogP contribution >= 0.6 is 0 Å². The molecular formula is C3H4N2O3. The molecule has 0 fully saturated rings. The maximum Gasteiger partial charge on any atom is 0.343 e. The summed E-state index contributed by atoms with van der Waals surface area (Å²) in [4.78, 5) is 10.4. The lowest BCUT2D eigenvalue weighted by Gasteiger charge is -1.79. The summed E-state index contributed by atoms with van der Waals surface area (Å²) in [7, 11) is 0. The molecule has 1 heterocycles. The van der Waals surface area contributed by atoms with E-state index in [-0.39, 0.29) is 4.85 Å². The number of aromatic amines is 1. The number of H-pyrrole nitrogens is 1. The predicted molar refractivity (Wildman–Crippen MR) is 23.9 cm³/mol. The van der Waals surface area contributed by atoms with Gasteiger partial charge < -0.3 is 10.3 Å².